The highest BCUT2D eigenvalue weighted by Crippen LogP contribution is 2.42. The Morgan fingerprint density at radius 2 is 1.67 bits per heavy atom. The lowest BCUT2D eigenvalue weighted by atomic mass is 9.78. The number of likely N-dealkylation sites (tertiary alicyclic amines) is 2. The Hall–Kier alpha value is -2.35. The van der Waals surface area contributed by atoms with Crippen LogP contribution in [0.2, 0.25) is 0 Å². The molecule has 1 aromatic carbocycles. The first kappa shape index (κ1) is 22.4. The number of nitrogens with zero attached hydrogens (tertiary/aromatic N) is 4. The molecule has 5 rings (SSSR count). The Morgan fingerprint density at radius 1 is 0.939 bits per heavy atom. The number of anilines is 1. The summed E-state index contributed by atoms with van der Waals surface area (Å²) in [5.74, 6) is -0.0159. The van der Waals surface area contributed by atoms with Crippen LogP contribution in [0.5, 0.6) is 0 Å². The number of hydrogen-bond donors (Lipinski definition) is 1. The molecule has 1 unspecified atom stereocenters. The molecule has 1 spiro atoms. The number of urea groups is 1. The average molecular weight is 459 g/mol. The SMILES string of the molecule is O=C(N1CCN(c2ccccc2F)CC1)N1CCCC2(CCN([C@H]3CC[C@H](O)CC3)C2=O)C1. The second-order valence-corrected chi connectivity index (χ2v) is 10.2. The topological polar surface area (TPSA) is 67.3 Å². The summed E-state index contributed by atoms with van der Waals surface area (Å²) in [7, 11) is 0. The number of piperidine rings is 1. The fourth-order valence-corrected chi connectivity index (χ4v) is 6.29. The minimum Gasteiger partial charge on any atom is -0.393 e. The molecule has 3 aliphatic heterocycles. The van der Waals surface area contributed by atoms with E-state index in [1.54, 1.807) is 12.1 Å². The third kappa shape index (κ3) is 4.29. The number of aliphatic hydroxyl groups excluding tert-OH is 1. The summed E-state index contributed by atoms with van der Waals surface area (Å²) in [6, 6.07) is 7.02. The van der Waals surface area contributed by atoms with E-state index in [9.17, 15) is 19.1 Å². The molecule has 4 fully saturated rings. The smallest absolute Gasteiger partial charge is 0.320 e. The van der Waals surface area contributed by atoms with Crippen molar-refractivity contribution >= 4 is 17.6 Å². The summed E-state index contributed by atoms with van der Waals surface area (Å²) in [5, 5.41) is 9.82. The van der Waals surface area contributed by atoms with E-state index in [2.05, 4.69) is 0 Å². The molecule has 4 aliphatic rings. The van der Waals surface area contributed by atoms with Crippen molar-refractivity contribution in [1.82, 2.24) is 14.7 Å². The number of carbonyl (C=O) groups excluding carboxylic acids is 2. The van der Waals surface area contributed by atoms with Gasteiger partial charge in [0.1, 0.15) is 5.82 Å². The van der Waals surface area contributed by atoms with Crippen molar-refractivity contribution in [3.63, 3.8) is 0 Å². The van der Waals surface area contributed by atoms with Gasteiger partial charge in [-0.15, -0.1) is 0 Å². The number of benzene rings is 1. The van der Waals surface area contributed by atoms with Crippen LogP contribution in [-0.4, -0.2) is 89.7 Å². The van der Waals surface area contributed by atoms with Gasteiger partial charge in [-0.3, -0.25) is 4.79 Å². The van der Waals surface area contributed by atoms with Gasteiger partial charge in [0.05, 0.1) is 17.2 Å². The molecule has 3 heterocycles. The second-order valence-electron chi connectivity index (χ2n) is 10.2. The van der Waals surface area contributed by atoms with Crippen molar-refractivity contribution in [3.8, 4) is 0 Å². The normalized spacial score (nSPS) is 30.9. The lowest BCUT2D eigenvalue weighted by Gasteiger charge is -2.43. The zero-order valence-electron chi connectivity index (χ0n) is 19.3. The minimum absolute atomic E-state index is 0.00861. The number of carbonyl (C=O) groups is 2. The number of para-hydroxylation sites is 1. The molecule has 1 aromatic rings. The molecule has 1 saturated carbocycles. The summed E-state index contributed by atoms with van der Waals surface area (Å²) < 4.78 is 14.1. The van der Waals surface area contributed by atoms with E-state index >= 15 is 0 Å². The zero-order valence-corrected chi connectivity index (χ0v) is 19.3. The maximum atomic E-state index is 14.1. The number of amides is 3. The Kier molecular flexibility index (Phi) is 6.20. The molecular formula is C25H35FN4O3. The van der Waals surface area contributed by atoms with E-state index in [1.165, 1.54) is 6.07 Å². The Morgan fingerprint density at radius 3 is 2.39 bits per heavy atom. The van der Waals surface area contributed by atoms with Crippen molar-refractivity contribution in [2.75, 3.05) is 50.7 Å². The lowest BCUT2D eigenvalue weighted by molar-refractivity contribution is -0.141. The van der Waals surface area contributed by atoms with Crippen LogP contribution in [0.3, 0.4) is 0 Å². The number of aliphatic hydroxyl groups is 1. The summed E-state index contributed by atoms with van der Waals surface area (Å²) in [5.41, 5.74) is 0.146. The molecule has 180 valence electrons. The van der Waals surface area contributed by atoms with Crippen LogP contribution in [0.15, 0.2) is 24.3 Å². The van der Waals surface area contributed by atoms with E-state index in [0.717, 1.165) is 51.5 Å². The monoisotopic (exact) mass is 458 g/mol. The van der Waals surface area contributed by atoms with Gasteiger partial charge in [-0.2, -0.15) is 0 Å². The van der Waals surface area contributed by atoms with Crippen LogP contribution in [0, 0.1) is 11.2 Å². The molecule has 7 nitrogen and oxygen atoms in total. The van der Waals surface area contributed by atoms with Crippen molar-refractivity contribution in [2.24, 2.45) is 5.41 Å². The first-order valence-corrected chi connectivity index (χ1v) is 12.5. The molecule has 1 aliphatic carbocycles. The number of hydrogen-bond acceptors (Lipinski definition) is 4. The lowest BCUT2D eigenvalue weighted by Crippen LogP contribution is -2.57. The molecule has 1 atom stereocenters. The second kappa shape index (κ2) is 9.12. The van der Waals surface area contributed by atoms with Crippen LogP contribution in [0.25, 0.3) is 0 Å². The number of rotatable bonds is 2. The molecule has 8 heteroatoms. The molecule has 3 saturated heterocycles. The predicted octanol–water partition coefficient (Wildman–Crippen LogP) is 2.69. The molecule has 3 amide bonds. The Balaban J connectivity index is 1.19. The van der Waals surface area contributed by atoms with Gasteiger partial charge >= 0.3 is 6.03 Å². The van der Waals surface area contributed by atoms with E-state index in [4.69, 9.17) is 0 Å². The van der Waals surface area contributed by atoms with Gasteiger partial charge in [-0.1, -0.05) is 12.1 Å². The molecule has 33 heavy (non-hydrogen) atoms. The Labute approximate surface area is 195 Å². The summed E-state index contributed by atoms with van der Waals surface area (Å²) in [4.78, 5) is 34.6. The van der Waals surface area contributed by atoms with Gasteiger partial charge in [0.25, 0.3) is 0 Å². The molecule has 0 radical (unpaired) electrons. The van der Waals surface area contributed by atoms with Crippen LogP contribution < -0.4 is 4.90 Å². The van der Waals surface area contributed by atoms with Crippen molar-refractivity contribution in [2.45, 2.75) is 57.1 Å². The largest absolute Gasteiger partial charge is 0.393 e. The molecule has 1 N–H and O–H groups in total. The van der Waals surface area contributed by atoms with Crippen LogP contribution in [0.4, 0.5) is 14.9 Å². The maximum absolute atomic E-state index is 14.1. The maximum Gasteiger partial charge on any atom is 0.320 e. The highest BCUT2D eigenvalue weighted by molar-refractivity contribution is 5.86. The highest BCUT2D eigenvalue weighted by atomic mass is 19.1. The van der Waals surface area contributed by atoms with Gasteiger partial charge in [0.15, 0.2) is 0 Å². The van der Waals surface area contributed by atoms with E-state index in [-0.39, 0.29) is 29.9 Å². The first-order valence-electron chi connectivity index (χ1n) is 12.5. The fourth-order valence-electron chi connectivity index (χ4n) is 6.29. The van der Waals surface area contributed by atoms with Crippen molar-refractivity contribution < 1.29 is 19.1 Å². The summed E-state index contributed by atoms with van der Waals surface area (Å²) in [6.45, 7) is 4.28. The quantitative estimate of drug-likeness (QED) is 0.740. The van der Waals surface area contributed by atoms with Gasteiger partial charge in [-0.05, 0) is 57.1 Å². The van der Waals surface area contributed by atoms with E-state index in [0.29, 0.717) is 45.0 Å². The molecule has 0 aromatic heterocycles. The Bertz CT molecular complexity index is 882. The third-order valence-corrected chi connectivity index (χ3v) is 8.24. The highest BCUT2D eigenvalue weighted by Gasteiger charge is 2.51. The molecular weight excluding hydrogens is 423 g/mol. The van der Waals surface area contributed by atoms with Gasteiger partial charge < -0.3 is 24.7 Å². The van der Waals surface area contributed by atoms with Crippen molar-refractivity contribution in [1.29, 1.82) is 0 Å². The van der Waals surface area contributed by atoms with E-state index in [1.807, 2.05) is 25.7 Å². The molecule has 0 bridgehead atoms. The van der Waals surface area contributed by atoms with E-state index < -0.39 is 5.41 Å². The number of piperazine rings is 1. The predicted molar refractivity (Wildman–Crippen MR) is 123 cm³/mol. The third-order valence-electron chi connectivity index (χ3n) is 8.24. The van der Waals surface area contributed by atoms with Crippen LogP contribution in [-0.2, 0) is 4.79 Å². The fraction of sp³-hybridized carbons (Fsp3) is 0.680. The number of halogens is 1. The minimum atomic E-state index is -0.445. The van der Waals surface area contributed by atoms with Gasteiger partial charge in [0, 0.05) is 51.9 Å². The van der Waals surface area contributed by atoms with Crippen LogP contribution in [0.1, 0.15) is 44.9 Å². The van der Waals surface area contributed by atoms with Gasteiger partial charge in [-0.25, -0.2) is 9.18 Å². The summed E-state index contributed by atoms with van der Waals surface area (Å²) >= 11 is 0. The first-order chi connectivity index (χ1) is 16.0. The summed E-state index contributed by atoms with van der Waals surface area (Å²) in [6.07, 6.45) is 5.57. The average Bonchev–Trinajstić information content (AvgIpc) is 3.14. The zero-order chi connectivity index (χ0) is 23.0. The van der Waals surface area contributed by atoms with Gasteiger partial charge in [0.2, 0.25) is 5.91 Å². The standard InChI is InChI=1S/C25H35FN4O3/c26-21-4-1-2-5-22(21)27-14-16-28(17-15-27)24(33)29-12-3-10-25(18-29)11-13-30(23(25)32)19-6-8-20(31)9-7-19/h1-2,4-5,19-20,31H,3,6-18H2/t19-,20-,25?. The van der Waals surface area contributed by atoms with Crippen molar-refractivity contribution in [3.05, 3.63) is 30.1 Å². The van der Waals surface area contributed by atoms with Crippen LogP contribution >= 0.6 is 0 Å².